The maximum absolute atomic E-state index is 13.9. The number of benzene rings is 1. The summed E-state index contributed by atoms with van der Waals surface area (Å²) in [6.07, 6.45) is -2.13. The highest BCUT2D eigenvalue weighted by Crippen LogP contribution is 2.41. The number of carbonyl (C=O) groups is 1. The fourth-order valence-electron chi connectivity index (χ4n) is 4.09. The van der Waals surface area contributed by atoms with Crippen molar-refractivity contribution in [1.29, 1.82) is 0 Å². The first-order valence-electron chi connectivity index (χ1n) is 10.9. The highest BCUT2D eigenvalue weighted by molar-refractivity contribution is 5.81. The Kier molecular flexibility index (Phi) is 5.90. The van der Waals surface area contributed by atoms with Crippen molar-refractivity contribution < 1.29 is 31.9 Å². The number of amides is 1. The average molecular weight is 476 g/mol. The van der Waals surface area contributed by atoms with Crippen LogP contribution in [0.25, 0.3) is 11.0 Å². The van der Waals surface area contributed by atoms with E-state index in [1.807, 2.05) is 0 Å². The maximum Gasteiger partial charge on any atom is 0.261 e. The molecular formula is C23H23F3N4O4. The second-order valence-corrected chi connectivity index (χ2v) is 8.47. The van der Waals surface area contributed by atoms with E-state index in [4.69, 9.17) is 13.9 Å². The van der Waals surface area contributed by atoms with Crippen LogP contribution in [-0.2, 0) is 27.2 Å². The highest BCUT2D eigenvalue weighted by atomic mass is 19.3. The van der Waals surface area contributed by atoms with Gasteiger partial charge in [0.1, 0.15) is 29.0 Å². The summed E-state index contributed by atoms with van der Waals surface area (Å²) in [6, 6.07) is 5.14. The smallest absolute Gasteiger partial charge is 0.261 e. The van der Waals surface area contributed by atoms with E-state index in [1.54, 1.807) is 25.1 Å². The number of furan rings is 1. The summed E-state index contributed by atoms with van der Waals surface area (Å²) in [5.41, 5.74) is 0.417. The van der Waals surface area contributed by atoms with Crippen LogP contribution < -0.4 is 10.6 Å². The Morgan fingerprint density at radius 2 is 2.00 bits per heavy atom. The Morgan fingerprint density at radius 3 is 2.71 bits per heavy atom. The van der Waals surface area contributed by atoms with Crippen LogP contribution in [0.15, 0.2) is 28.9 Å². The molecule has 1 saturated carbocycles. The lowest BCUT2D eigenvalue weighted by Gasteiger charge is -2.20. The molecule has 1 aliphatic carbocycles. The molecule has 0 atom stereocenters. The number of nitrogens with one attached hydrogen (secondary N) is 2. The number of anilines is 1. The van der Waals surface area contributed by atoms with Gasteiger partial charge in [0.05, 0.1) is 36.3 Å². The first-order valence-corrected chi connectivity index (χ1v) is 10.9. The number of aromatic nitrogens is 2. The average Bonchev–Trinajstić information content (AvgIpc) is 3.20. The quantitative estimate of drug-likeness (QED) is 0.511. The summed E-state index contributed by atoms with van der Waals surface area (Å²) in [7, 11) is 0. The number of nitrogens with zero attached hydrogens (tertiary/aromatic N) is 2. The second kappa shape index (κ2) is 8.88. The van der Waals surface area contributed by atoms with Gasteiger partial charge in [-0.2, -0.15) is 0 Å². The molecule has 2 aromatic heterocycles. The number of rotatable bonds is 8. The van der Waals surface area contributed by atoms with Gasteiger partial charge in [-0.1, -0.05) is 12.1 Å². The van der Waals surface area contributed by atoms with E-state index < -0.39 is 30.0 Å². The lowest BCUT2D eigenvalue weighted by molar-refractivity contribution is -0.122. The SMILES string of the molecule is Cc1nc(CC(=O)NC2(C(F)F)CC2)c(C2OCCO2)c(NCc2cccc3c(F)coc23)n1. The van der Waals surface area contributed by atoms with Gasteiger partial charge in [0, 0.05) is 12.1 Å². The monoisotopic (exact) mass is 476 g/mol. The molecule has 5 rings (SSSR count). The van der Waals surface area contributed by atoms with Crippen molar-refractivity contribution in [3.63, 3.8) is 0 Å². The number of fused-ring (bicyclic) bond motifs is 1. The molecule has 1 amide bonds. The van der Waals surface area contributed by atoms with Crippen LogP contribution in [0.3, 0.4) is 0 Å². The van der Waals surface area contributed by atoms with E-state index in [0.29, 0.717) is 52.6 Å². The van der Waals surface area contributed by atoms with Crippen molar-refractivity contribution in [3.8, 4) is 0 Å². The number of aryl methyl sites for hydroxylation is 1. The van der Waals surface area contributed by atoms with Gasteiger partial charge in [-0.05, 0) is 25.8 Å². The molecule has 180 valence electrons. The summed E-state index contributed by atoms with van der Waals surface area (Å²) in [4.78, 5) is 21.5. The molecule has 0 unspecified atom stereocenters. The van der Waals surface area contributed by atoms with Crippen molar-refractivity contribution in [3.05, 3.63) is 52.9 Å². The molecule has 1 aromatic carbocycles. The summed E-state index contributed by atoms with van der Waals surface area (Å²) in [6.45, 7) is 2.60. The summed E-state index contributed by atoms with van der Waals surface area (Å²) >= 11 is 0. The van der Waals surface area contributed by atoms with Crippen LogP contribution >= 0.6 is 0 Å². The zero-order valence-corrected chi connectivity index (χ0v) is 18.4. The summed E-state index contributed by atoms with van der Waals surface area (Å²) < 4.78 is 57.1. The van der Waals surface area contributed by atoms with E-state index >= 15 is 0 Å². The number of carbonyl (C=O) groups excluding carboxylic acids is 1. The molecule has 34 heavy (non-hydrogen) atoms. The lowest BCUT2D eigenvalue weighted by atomic mass is 10.1. The normalized spacial score (nSPS) is 17.4. The number of hydrogen-bond donors (Lipinski definition) is 2. The Labute approximate surface area is 192 Å². The third-order valence-electron chi connectivity index (χ3n) is 6.00. The van der Waals surface area contributed by atoms with Gasteiger partial charge in [-0.3, -0.25) is 4.79 Å². The molecule has 0 bridgehead atoms. The van der Waals surface area contributed by atoms with Crippen molar-refractivity contribution in [2.24, 2.45) is 0 Å². The van der Waals surface area contributed by atoms with Gasteiger partial charge >= 0.3 is 0 Å². The number of hydrogen-bond acceptors (Lipinski definition) is 7. The van der Waals surface area contributed by atoms with Crippen LogP contribution in [-0.4, -0.2) is 41.1 Å². The van der Waals surface area contributed by atoms with Gasteiger partial charge in [0.25, 0.3) is 6.43 Å². The minimum absolute atomic E-state index is 0.232. The Hall–Kier alpha value is -3.18. The molecule has 8 nitrogen and oxygen atoms in total. The first-order chi connectivity index (χ1) is 16.4. The van der Waals surface area contributed by atoms with Crippen molar-refractivity contribution in [1.82, 2.24) is 15.3 Å². The predicted octanol–water partition coefficient (Wildman–Crippen LogP) is 3.78. The minimum atomic E-state index is -2.63. The molecule has 2 aliphatic rings. The van der Waals surface area contributed by atoms with Crippen molar-refractivity contribution >= 4 is 22.7 Å². The fourth-order valence-corrected chi connectivity index (χ4v) is 4.09. The number of halogens is 3. The molecule has 0 radical (unpaired) electrons. The predicted molar refractivity (Wildman–Crippen MR) is 115 cm³/mol. The van der Waals surface area contributed by atoms with Crippen molar-refractivity contribution in [2.45, 2.75) is 51.0 Å². The zero-order chi connectivity index (χ0) is 23.9. The van der Waals surface area contributed by atoms with Crippen molar-refractivity contribution in [2.75, 3.05) is 18.5 Å². The van der Waals surface area contributed by atoms with E-state index in [9.17, 15) is 18.0 Å². The van der Waals surface area contributed by atoms with Crippen LogP contribution in [0, 0.1) is 12.7 Å². The van der Waals surface area contributed by atoms with Crippen LogP contribution in [0.4, 0.5) is 19.0 Å². The molecule has 1 saturated heterocycles. The van der Waals surface area contributed by atoms with E-state index in [2.05, 4.69) is 20.6 Å². The first kappa shape index (κ1) is 22.6. The Morgan fingerprint density at radius 1 is 1.24 bits per heavy atom. The fraction of sp³-hybridized carbons (Fsp3) is 0.435. The Balaban J connectivity index is 1.43. The molecule has 0 spiro atoms. The summed E-state index contributed by atoms with van der Waals surface area (Å²) in [5, 5.41) is 6.02. The number of para-hydroxylation sites is 1. The molecule has 2 N–H and O–H groups in total. The van der Waals surface area contributed by atoms with E-state index in [-0.39, 0.29) is 25.8 Å². The standard InChI is InChI=1S/C23H23F3N4O4/c1-12-28-16(9-17(31)30-23(5-6-23)22(25)26)18(21-32-7-8-33-21)20(29-12)27-10-13-3-2-4-14-15(24)11-34-19(13)14/h2-4,11,21-22H,5-10H2,1H3,(H,30,31)(H,27,28,29). The van der Waals surface area contributed by atoms with E-state index in [1.165, 1.54) is 0 Å². The van der Waals surface area contributed by atoms with Gasteiger partial charge in [-0.25, -0.2) is 23.1 Å². The third kappa shape index (κ3) is 4.32. The number of alkyl halides is 2. The largest absolute Gasteiger partial charge is 0.461 e. The van der Waals surface area contributed by atoms with Crippen LogP contribution in [0.5, 0.6) is 0 Å². The zero-order valence-electron chi connectivity index (χ0n) is 18.4. The molecule has 1 aliphatic heterocycles. The summed E-state index contributed by atoms with van der Waals surface area (Å²) in [5.74, 6) is -0.254. The maximum atomic E-state index is 13.9. The second-order valence-electron chi connectivity index (χ2n) is 8.47. The molecule has 2 fully saturated rings. The minimum Gasteiger partial charge on any atom is -0.461 e. The highest BCUT2D eigenvalue weighted by Gasteiger charge is 2.52. The van der Waals surface area contributed by atoms with Gasteiger partial charge in [0.2, 0.25) is 5.91 Å². The molecule has 3 heterocycles. The lowest BCUT2D eigenvalue weighted by Crippen LogP contribution is -2.43. The molecule has 11 heteroatoms. The van der Waals surface area contributed by atoms with Crippen LogP contribution in [0.1, 0.15) is 41.8 Å². The molecule has 3 aromatic rings. The molecular weight excluding hydrogens is 453 g/mol. The van der Waals surface area contributed by atoms with Crippen LogP contribution in [0.2, 0.25) is 0 Å². The topological polar surface area (TPSA) is 98.5 Å². The Bertz CT molecular complexity index is 1220. The van der Waals surface area contributed by atoms with Gasteiger partial charge < -0.3 is 24.5 Å². The van der Waals surface area contributed by atoms with E-state index in [0.717, 1.165) is 6.26 Å². The van der Waals surface area contributed by atoms with Gasteiger partial charge in [-0.15, -0.1) is 0 Å². The number of ether oxygens (including phenoxy) is 2. The third-order valence-corrected chi connectivity index (χ3v) is 6.00. The van der Waals surface area contributed by atoms with Gasteiger partial charge in [0.15, 0.2) is 12.1 Å².